The third-order valence-corrected chi connectivity index (χ3v) is 4.89. The molecule has 2 aliphatic rings. The topological polar surface area (TPSA) is 49.6 Å². The first-order valence-electron chi connectivity index (χ1n) is 7.76. The van der Waals surface area contributed by atoms with E-state index in [1.54, 1.807) is 6.07 Å². The molecule has 3 rings (SSSR count). The molecule has 1 aromatic carbocycles. The maximum atomic E-state index is 11.2. The fourth-order valence-corrected chi connectivity index (χ4v) is 3.64. The average Bonchev–Trinajstić information content (AvgIpc) is 2.45. The van der Waals surface area contributed by atoms with E-state index in [0.717, 1.165) is 43.7 Å². The molecule has 0 N–H and O–H groups in total. The van der Waals surface area contributed by atoms with Crippen LogP contribution < -0.4 is 4.90 Å². The molecule has 1 fully saturated rings. The summed E-state index contributed by atoms with van der Waals surface area (Å²) >= 11 is 0. The van der Waals surface area contributed by atoms with E-state index in [4.69, 9.17) is 0 Å². The first-order valence-corrected chi connectivity index (χ1v) is 7.76. The number of nitrogens with zero attached hydrogens (tertiary/aromatic N) is 3. The van der Waals surface area contributed by atoms with Crippen molar-refractivity contribution in [2.24, 2.45) is 0 Å². The molecule has 0 radical (unpaired) electrons. The fourth-order valence-electron chi connectivity index (χ4n) is 3.64. The van der Waals surface area contributed by atoms with Gasteiger partial charge >= 0.3 is 0 Å². The Hall–Kier alpha value is -1.62. The van der Waals surface area contributed by atoms with Crippen molar-refractivity contribution in [2.45, 2.75) is 45.7 Å². The van der Waals surface area contributed by atoms with Crippen LogP contribution in [0.2, 0.25) is 0 Å². The van der Waals surface area contributed by atoms with Crippen LogP contribution in [0.3, 0.4) is 0 Å². The fraction of sp³-hybridized carbons (Fsp3) is 0.625. The van der Waals surface area contributed by atoms with Crippen molar-refractivity contribution in [1.29, 1.82) is 0 Å². The van der Waals surface area contributed by atoms with Crippen molar-refractivity contribution in [3.63, 3.8) is 0 Å². The van der Waals surface area contributed by atoms with Crippen LogP contribution in [0.4, 0.5) is 11.4 Å². The van der Waals surface area contributed by atoms with Gasteiger partial charge in [-0.15, -0.1) is 0 Å². The van der Waals surface area contributed by atoms with Gasteiger partial charge in [0.1, 0.15) is 0 Å². The van der Waals surface area contributed by atoms with Crippen LogP contribution in [0.25, 0.3) is 0 Å². The van der Waals surface area contributed by atoms with E-state index in [2.05, 4.69) is 23.6 Å². The molecule has 0 saturated carbocycles. The monoisotopic (exact) mass is 289 g/mol. The minimum Gasteiger partial charge on any atom is -0.366 e. The van der Waals surface area contributed by atoms with Gasteiger partial charge in [0, 0.05) is 49.0 Å². The third-order valence-electron chi connectivity index (χ3n) is 4.89. The van der Waals surface area contributed by atoms with E-state index in [9.17, 15) is 10.1 Å². The first kappa shape index (κ1) is 14.3. The number of aryl methyl sites for hydroxylation is 2. The second-order valence-corrected chi connectivity index (χ2v) is 6.50. The minimum atomic E-state index is -0.260. The van der Waals surface area contributed by atoms with Gasteiger partial charge in [-0.2, -0.15) is 0 Å². The van der Waals surface area contributed by atoms with E-state index < -0.39 is 0 Å². The van der Waals surface area contributed by atoms with E-state index in [1.165, 1.54) is 5.56 Å². The van der Waals surface area contributed by atoms with Gasteiger partial charge in [0.15, 0.2) is 0 Å². The van der Waals surface area contributed by atoms with Crippen molar-refractivity contribution in [1.82, 2.24) is 4.90 Å². The molecule has 0 bridgehead atoms. The maximum absolute atomic E-state index is 11.2. The van der Waals surface area contributed by atoms with Gasteiger partial charge in [0.25, 0.3) is 5.69 Å². The molecule has 1 unspecified atom stereocenters. The molecule has 0 aliphatic carbocycles. The lowest BCUT2D eigenvalue weighted by atomic mass is 9.92. The van der Waals surface area contributed by atoms with Crippen molar-refractivity contribution >= 4 is 11.4 Å². The Bertz CT molecular complexity index is 571. The Morgan fingerprint density at radius 1 is 1.33 bits per heavy atom. The average molecular weight is 289 g/mol. The molecule has 5 nitrogen and oxygen atoms in total. The molecule has 1 aromatic rings. The summed E-state index contributed by atoms with van der Waals surface area (Å²) in [6, 6.07) is 4.87. The molecular weight excluding hydrogens is 266 g/mol. The highest BCUT2D eigenvalue weighted by Gasteiger charge is 2.33. The molecule has 0 spiro atoms. The molecule has 0 aromatic heterocycles. The summed E-state index contributed by atoms with van der Waals surface area (Å²) in [5.74, 6) is 0. The van der Waals surface area contributed by atoms with E-state index >= 15 is 0 Å². The molecule has 5 heteroatoms. The van der Waals surface area contributed by atoms with Crippen LogP contribution in [0.1, 0.15) is 31.4 Å². The Morgan fingerprint density at radius 3 is 2.76 bits per heavy atom. The van der Waals surface area contributed by atoms with Gasteiger partial charge in [-0.25, -0.2) is 0 Å². The molecule has 1 saturated heterocycles. The number of nitro groups is 1. The Morgan fingerprint density at radius 2 is 2.10 bits per heavy atom. The zero-order valence-electron chi connectivity index (χ0n) is 13.0. The highest BCUT2D eigenvalue weighted by Crippen LogP contribution is 2.37. The predicted molar refractivity (Wildman–Crippen MR) is 84.0 cm³/mol. The second kappa shape index (κ2) is 5.30. The van der Waals surface area contributed by atoms with Crippen molar-refractivity contribution < 1.29 is 4.92 Å². The van der Waals surface area contributed by atoms with Gasteiger partial charge < -0.3 is 4.90 Å². The largest absolute Gasteiger partial charge is 0.366 e. The zero-order valence-corrected chi connectivity index (χ0v) is 13.0. The highest BCUT2D eigenvalue weighted by molar-refractivity contribution is 5.64. The summed E-state index contributed by atoms with van der Waals surface area (Å²) in [6.45, 7) is 9.38. The molecule has 2 heterocycles. The van der Waals surface area contributed by atoms with Crippen molar-refractivity contribution in [3.05, 3.63) is 33.4 Å². The lowest BCUT2D eigenvalue weighted by Crippen LogP contribution is -2.56. The van der Waals surface area contributed by atoms with E-state index in [-0.39, 0.29) is 10.6 Å². The smallest absolute Gasteiger partial charge is 0.274 e. The van der Waals surface area contributed by atoms with Gasteiger partial charge in [0.05, 0.1) is 4.92 Å². The van der Waals surface area contributed by atoms with Gasteiger partial charge in [-0.3, -0.25) is 15.0 Å². The zero-order chi connectivity index (χ0) is 15.1. The molecule has 2 aliphatic heterocycles. The second-order valence-electron chi connectivity index (χ2n) is 6.50. The number of fused-ring (bicyclic) bond motifs is 3. The van der Waals surface area contributed by atoms with Crippen LogP contribution >= 0.6 is 0 Å². The van der Waals surface area contributed by atoms with Crippen LogP contribution in [0.5, 0.6) is 0 Å². The van der Waals surface area contributed by atoms with Crippen LogP contribution in [0, 0.1) is 17.0 Å². The minimum absolute atomic E-state index is 0.251. The maximum Gasteiger partial charge on any atom is 0.274 e. The predicted octanol–water partition coefficient (Wildman–Crippen LogP) is 2.75. The standard InChI is InChI=1S/C16H23N3O2/c1-11(2)17-6-7-18-14(10-17)5-4-13-8-12(3)15(19(20)21)9-16(13)18/h8-9,11,14H,4-7,10H2,1-3H3. The van der Waals surface area contributed by atoms with E-state index in [1.807, 2.05) is 13.0 Å². The first-order chi connectivity index (χ1) is 9.97. The Labute approximate surface area is 125 Å². The highest BCUT2D eigenvalue weighted by atomic mass is 16.6. The number of hydrogen-bond donors (Lipinski definition) is 0. The number of piperazine rings is 1. The summed E-state index contributed by atoms with van der Waals surface area (Å²) in [5.41, 5.74) is 3.39. The lowest BCUT2D eigenvalue weighted by molar-refractivity contribution is -0.385. The Kier molecular flexibility index (Phi) is 3.61. The number of benzene rings is 1. The summed E-state index contributed by atoms with van der Waals surface area (Å²) in [6.07, 6.45) is 2.18. The molecule has 1 atom stereocenters. The van der Waals surface area contributed by atoms with E-state index in [0.29, 0.717) is 12.1 Å². The molecule has 21 heavy (non-hydrogen) atoms. The quantitative estimate of drug-likeness (QED) is 0.620. The summed E-state index contributed by atoms with van der Waals surface area (Å²) in [4.78, 5) is 15.8. The van der Waals surface area contributed by atoms with Crippen LogP contribution in [-0.4, -0.2) is 41.5 Å². The third kappa shape index (κ3) is 2.50. The van der Waals surface area contributed by atoms with Crippen LogP contribution in [0.15, 0.2) is 12.1 Å². The molecule has 114 valence electrons. The Balaban J connectivity index is 1.93. The van der Waals surface area contributed by atoms with Gasteiger partial charge in [0.2, 0.25) is 0 Å². The van der Waals surface area contributed by atoms with Crippen LogP contribution in [-0.2, 0) is 6.42 Å². The number of nitro benzene ring substituents is 1. The summed E-state index contributed by atoms with van der Waals surface area (Å²) < 4.78 is 0. The normalized spacial score (nSPS) is 22.1. The van der Waals surface area contributed by atoms with Crippen molar-refractivity contribution in [2.75, 3.05) is 24.5 Å². The van der Waals surface area contributed by atoms with Crippen molar-refractivity contribution in [3.8, 4) is 0 Å². The summed E-state index contributed by atoms with van der Waals surface area (Å²) in [7, 11) is 0. The number of rotatable bonds is 2. The number of anilines is 1. The van der Waals surface area contributed by atoms with Gasteiger partial charge in [-0.05, 0) is 45.2 Å². The molecule has 0 amide bonds. The van der Waals surface area contributed by atoms with Gasteiger partial charge in [-0.1, -0.05) is 0 Å². The SMILES string of the molecule is Cc1cc2c(cc1[N+](=O)[O-])N1CCN(C(C)C)CC1CC2. The lowest BCUT2D eigenvalue weighted by Gasteiger charge is -2.47. The summed E-state index contributed by atoms with van der Waals surface area (Å²) in [5, 5.41) is 11.2. The number of hydrogen-bond acceptors (Lipinski definition) is 4. The molecular formula is C16H23N3O2.